The number of alkyl halides is 1. The lowest BCUT2D eigenvalue weighted by Gasteiger charge is -2.00. The lowest BCUT2D eigenvalue weighted by molar-refractivity contribution is 0.171. The molecule has 1 heterocycles. The summed E-state index contributed by atoms with van der Waals surface area (Å²) in [7, 11) is 0. The summed E-state index contributed by atoms with van der Waals surface area (Å²) in [5, 5.41) is 9.27. The number of halogens is 1. The van der Waals surface area contributed by atoms with Crippen LogP contribution in [0.2, 0.25) is 0 Å². The summed E-state index contributed by atoms with van der Waals surface area (Å²) >= 11 is 0. The van der Waals surface area contributed by atoms with Crippen molar-refractivity contribution in [1.29, 1.82) is 0 Å². The molecule has 1 aliphatic rings. The van der Waals surface area contributed by atoms with Gasteiger partial charge in [-0.25, -0.2) is 4.39 Å². The molecule has 4 heteroatoms. The standard InChI is InChI=1S/C8H7FO3/c9-3-5-1-6(10)8-7(2-5)11-4-12-8/h1-2,10H,3-4H2. The van der Waals surface area contributed by atoms with E-state index in [4.69, 9.17) is 9.47 Å². The SMILES string of the molecule is Oc1cc(CF)cc2c1OCO2. The number of hydrogen-bond donors (Lipinski definition) is 1. The molecule has 0 fully saturated rings. The number of aromatic hydroxyl groups is 1. The third-order valence-corrected chi connectivity index (χ3v) is 1.67. The van der Waals surface area contributed by atoms with Crippen molar-refractivity contribution in [3.05, 3.63) is 17.7 Å². The minimum atomic E-state index is -0.621. The van der Waals surface area contributed by atoms with Crippen LogP contribution in [0.3, 0.4) is 0 Å². The fourth-order valence-corrected chi connectivity index (χ4v) is 1.12. The fourth-order valence-electron chi connectivity index (χ4n) is 1.12. The smallest absolute Gasteiger partial charge is 0.231 e. The zero-order valence-electron chi connectivity index (χ0n) is 6.21. The monoisotopic (exact) mass is 170 g/mol. The molecule has 0 aliphatic carbocycles. The van der Waals surface area contributed by atoms with Crippen LogP contribution in [-0.4, -0.2) is 11.9 Å². The van der Waals surface area contributed by atoms with Crippen molar-refractivity contribution in [3.8, 4) is 17.2 Å². The summed E-state index contributed by atoms with van der Waals surface area (Å²) in [6.07, 6.45) is 0. The molecule has 0 aromatic heterocycles. The Balaban J connectivity index is 2.51. The van der Waals surface area contributed by atoms with Gasteiger partial charge in [0, 0.05) is 0 Å². The van der Waals surface area contributed by atoms with E-state index in [0.717, 1.165) is 0 Å². The molecule has 0 radical (unpaired) electrons. The highest BCUT2D eigenvalue weighted by atomic mass is 19.1. The maximum absolute atomic E-state index is 12.2. The third kappa shape index (κ3) is 0.958. The summed E-state index contributed by atoms with van der Waals surface area (Å²) in [4.78, 5) is 0. The first-order chi connectivity index (χ1) is 5.81. The quantitative estimate of drug-likeness (QED) is 0.695. The van der Waals surface area contributed by atoms with Crippen LogP contribution >= 0.6 is 0 Å². The summed E-state index contributed by atoms with van der Waals surface area (Å²) < 4.78 is 22.1. The van der Waals surface area contributed by atoms with Crippen molar-refractivity contribution in [2.45, 2.75) is 6.67 Å². The van der Waals surface area contributed by atoms with Crippen LogP contribution in [0.15, 0.2) is 12.1 Å². The molecule has 1 aromatic rings. The van der Waals surface area contributed by atoms with E-state index in [2.05, 4.69) is 0 Å². The molecule has 2 rings (SSSR count). The average molecular weight is 170 g/mol. The number of benzene rings is 1. The predicted molar refractivity (Wildman–Crippen MR) is 39.0 cm³/mol. The first-order valence-electron chi connectivity index (χ1n) is 3.48. The lowest BCUT2D eigenvalue weighted by atomic mass is 10.2. The average Bonchev–Trinajstić information content (AvgIpc) is 2.52. The Morgan fingerprint density at radius 3 is 3.00 bits per heavy atom. The highest BCUT2D eigenvalue weighted by Crippen LogP contribution is 2.41. The maximum atomic E-state index is 12.2. The molecular weight excluding hydrogens is 163 g/mol. The molecule has 0 saturated carbocycles. The van der Waals surface area contributed by atoms with Gasteiger partial charge in [0.15, 0.2) is 11.5 Å². The van der Waals surface area contributed by atoms with E-state index in [1.54, 1.807) is 0 Å². The number of hydrogen-bond acceptors (Lipinski definition) is 3. The summed E-state index contributed by atoms with van der Waals surface area (Å²) in [6.45, 7) is -0.539. The van der Waals surface area contributed by atoms with Crippen molar-refractivity contribution in [2.24, 2.45) is 0 Å². The van der Waals surface area contributed by atoms with Crippen LogP contribution in [0.1, 0.15) is 5.56 Å². The zero-order chi connectivity index (χ0) is 8.55. The van der Waals surface area contributed by atoms with E-state index in [9.17, 15) is 9.50 Å². The van der Waals surface area contributed by atoms with Crippen LogP contribution in [-0.2, 0) is 6.67 Å². The molecule has 0 saturated heterocycles. The third-order valence-electron chi connectivity index (χ3n) is 1.67. The molecule has 1 aliphatic heterocycles. The van der Waals surface area contributed by atoms with Gasteiger partial charge in [-0.15, -0.1) is 0 Å². The molecule has 0 unspecified atom stereocenters. The molecule has 3 nitrogen and oxygen atoms in total. The van der Waals surface area contributed by atoms with E-state index < -0.39 is 6.67 Å². The van der Waals surface area contributed by atoms with Crippen molar-refractivity contribution in [2.75, 3.05) is 6.79 Å². The minimum Gasteiger partial charge on any atom is -0.504 e. The largest absolute Gasteiger partial charge is 0.504 e. The van der Waals surface area contributed by atoms with Gasteiger partial charge >= 0.3 is 0 Å². The molecule has 12 heavy (non-hydrogen) atoms. The Morgan fingerprint density at radius 1 is 1.42 bits per heavy atom. The van der Waals surface area contributed by atoms with Gasteiger partial charge in [-0.3, -0.25) is 0 Å². The molecule has 1 aromatic carbocycles. The highest BCUT2D eigenvalue weighted by molar-refractivity contribution is 5.54. The molecule has 0 spiro atoms. The number of phenols is 1. The number of ether oxygens (including phenoxy) is 2. The second-order valence-corrected chi connectivity index (χ2v) is 2.48. The van der Waals surface area contributed by atoms with Gasteiger partial charge in [0.05, 0.1) is 0 Å². The van der Waals surface area contributed by atoms with Crippen LogP contribution in [0.25, 0.3) is 0 Å². The van der Waals surface area contributed by atoms with Crippen LogP contribution in [0.5, 0.6) is 17.2 Å². The van der Waals surface area contributed by atoms with Gasteiger partial charge in [0.2, 0.25) is 12.5 Å². The molecule has 1 N–H and O–H groups in total. The van der Waals surface area contributed by atoms with Crippen molar-refractivity contribution < 1.29 is 19.0 Å². The molecule has 0 atom stereocenters. The topological polar surface area (TPSA) is 38.7 Å². The fraction of sp³-hybridized carbons (Fsp3) is 0.250. The Labute approximate surface area is 68.3 Å². The zero-order valence-corrected chi connectivity index (χ0v) is 6.21. The van der Waals surface area contributed by atoms with Crippen LogP contribution < -0.4 is 9.47 Å². The van der Waals surface area contributed by atoms with E-state index in [0.29, 0.717) is 17.1 Å². The highest BCUT2D eigenvalue weighted by Gasteiger charge is 2.18. The van der Waals surface area contributed by atoms with Gasteiger partial charge in [-0.05, 0) is 17.7 Å². The van der Waals surface area contributed by atoms with Crippen molar-refractivity contribution >= 4 is 0 Å². The van der Waals surface area contributed by atoms with E-state index in [-0.39, 0.29) is 12.5 Å². The Kier molecular flexibility index (Phi) is 1.53. The van der Waals surface area contributed by atoms with Gasteiger partial charge in [0.1, 0.15) is 6.67 Å². The van der Waals surface area contributed by atoms with Crippen molar-refractivity contribution in [3.63, 3.8) is 0 Å². The number of fused-ring (bicyclic) bond motifs is 1. The van der Waals surface area contributed by atoms with Gasteiger partial charge in [0.25, 0.3) is 0 Å². The first-order valence-corrected chi connectivity index (χ1v) is 3.48. The second kappa shape index (κ2) is 2.55. The van der Waals surface area contributed by atoms with Crippen LogP contribution in [0.4, 0.5) is 4.39 Å². The van der Waals surface area contributed by atoms with Crippen LogP contribution in [0, 0.1) is 0 Å². The van der Waals surface area contributed by atoms with E-state index in [1.165, 1.54) is 12.1 Å². The van der Waals surface area contributed by atoms with Crippen molar-refractivity contribution in [1.82, 2.24) is 0 Å². The molecular formula is C8H7FO3. The number of rotatable bonds is 1. The van der Waals surface area contributed by atoms with Gasteiger partial charge in [-0.2, -0.15) is 0 Å². The Morgan fingerprint density at radius 2 is 2.25 bits per heavy atom. The Hall–Kier alpha value is -1.45. The van der Waals surface area contributed by atoms with Gasteiger partial charge in [-0.1, -0.05) is 0 Å². The maximum Gasteiger partial charge on any atom is 0.231 e. The molecule has 0 bridgehead atoms. The first kappa shape index (κ1) is 7.21. The predicted octanol–water partition coefficient (Wildman–Crippen LogP) is 1.59. The number of phenolic OH excluding ortho intramolecular Hbond substituents is 1. The normalized spacial score (nSPS) is 13.4. The second-order valence-electron chi connectivity index (χ2n) is 2.48. The summed E-state index contributed by atoms with van der Waals surface area (Å²) in [5.74, 6) is 0.632. The lowest BCUT2D eigenvalue weighted by Crippen LogP contribution is -1.93. The Bertz CT molecular complexity index is 311. The van der Waals surface area contributed by atoms with E-state index >= 15 is 0 Å². The minimum absolute atomic E-state index is 0.0716. The summed E-state index contributed by atoms with van der Waals surface area (Å²) in [6, 6.07) is 2.84. The van der Waals surface area contributed by atoms with E-state index in [1.807, 2.05) is 0 Å². The molecule has 0 amide bonds. The summed E-state index contributed by atoms with van der Waals surface area (Å²) in [5.41, 5.74) is 0.386. The molecule has 64 valence electrons. The van der Waals surface area contributed by atoms with Gasteiger partial charge < -0.3 is 14.6 Å².